The van der Waals surface area contributed by atoms with E-state index in [0.717, 1.165) is 18.5 Å². The zero-order valence-electron chi connectivity index (χ0n) is 15.8. The molecule has 4 nitrogen and oxygen atoms in total. The molecule has 0 bridgehead atoms. The van der Waals surface area contributed by atoms with Crippen molar-refractivity contribution in [2.75, 3.05) is 18.6 Å². The lowest BCUT2D eigenvalue weighted by molar-refractivity contribution is 0.0572. The topological polar surface area (TPSA) is 38.8 Å². The maximum atomic E-state index is 12.8. The number of carbonyl (C=O) groups is 1. The Hall–Kier alpha value is -2.15. The number of hydrogen-bond acceptors (Lipinski definition) is 3. The Morgan fingerprint density at radius 1 is 1.24 bits per heavy atom. The number of amides is 1. The third-order valence-corrected chi connectivity index (χ3v) is 4.38. The quantitative estimate of drug-likeness (QED) is 0.722. The molecule has 1 saturated carbocycles. The van der Waals surface area contributed by atoms with Gasteiger partial charge in [-0.3, -0.25) is 4.90 Å². The second kappa shape index (κ2) is 8.29. The summed E-state index contributed by atoms with van der Waals surface area (Å²) in [4.78, 5) is 14.6. The molecule has 0 aliphatic heterocycles. The van der Waals surface area contributed by atoms with Gasteiger partial charge in [-0.1, -0.05) is 25.2 Å². The highest BCUT2D eigenvalue weighted by atomic mass is 16.6. The Morgan fingerprint density at radius 3 is 2.48 bits per heavy atom. The van der Waals surface area contributed by atoms with Crippen LogP contribution in [-0.2, 0) is 4.74 Å². The van der Waals surface area contributed by atoms with Crippen LogP contribution in [0.25, 0.3) is 0 Å². The van der Waals surface area contributed by atoms with Gasteiger partial charge in [-0.05, 0) is 51.7 Å². The molecular weight excluding hydrogens is 314 g/mol. The number of rotatable bonds is 4. The first-order valence-corrected chi connectivity index (χ1v) is 8.98. The van der Waals surface area contributed by atoms with Crippen molar-refractivity contribution in [2.24, 2.45) is 5.92 Å². The summed E-state index contributed by atoms with van der Waals surface area (Å²) in [5.41, 5.74) is 0.870. The third-order valence-electron chi connectivity index (χ3n) is 4.38. The predicted octanol–water partition coefficient (Wildman–Crippen LogP) is 5.00. The summed E-state index contributed by atoms with van der Waals surface area (Å²) in [5, 5.41) is 0. The third kappa shape index (κ3) is 5.70. The maximum Gasteiger partial charge on any atom is 0.414 e. The van der Waals surface area contributed by atoms with E-state index < -0.39 is 5.60 Å². The molecule has 1 fully saturated rings. The van der Waals surface area contributed by atoms with Gasteiger partial charge in [0.25, 0.3) is 0 Å². The second-order valence-electron chi connectivity index (χ2n) is 7.66. The van der Waals surface area contributed by atoms with Crippen LogP contribution in [0.15, 0.2) is 18.2 Å². The molecule has 0 N–H and O–H groups in total. The molecule has 0 heterocycles. The summed E-state index contributed by atoms with van der Waals surface area (Å²) in [7, 11) is 1.60. The van der Waals surface area contributed by atoms with Gasteiger partial charge in [-0.15, -0.1) is 6.42 Å². The van der Waals surface area contributed by atoms with Gasteiger partial charge in [-0.25, -0.2) is 4.79 Å². The Morgan fingerprint density at radius 2 is 1.92 bits per heavy atom. The Labute approximate surface area is 151 Å². The Kier molecular flexibility index (Phi) is 6.36. The van der Waals surface area contributed by atoms with Crippen molar-refractivity contribution in [1.82, 2.24) is 0 Å². The van der Waals surface area contributed by atoms with Crippen molar-refractivity contribution in [3.63, 3.8) is 0 Å². The van der Waals surface area contributed by atoms with Crippen LogP contribution in [-0.4, -0.2) is 25.3 Å². The highest BCUT2D eigenvalue weighted by molar-refractivity contribution is 5.88. The summed E-state index contributed by atoms with van der Waals surface area (Å²) in [6.45, 7) is 6.28. The molecule has 1 aromatic carbocycles. The van der Waals surface area contributed by atoms with Crippen LogP contribution in [0.1, 0.15) is 58.4 Å². The standard InChI is InChI=1S/C21H29NO3/c1-6-16-12-18(14-19(13-16)24-5)22(20(23)25-21(2,3)4)15-17-10-8-7-9-11-17/h1,12-14,17H,7-11,15H2,2-5H3. The fourth-order valence-corrected chi connectivity index (χ4v) is 3.17. The molecule has 0 spiro atoms. The molecule has 25 heavy (non-hydrogen) atoms. The zero-order chi connectivity index (χ0) is 18.4. The van der Waals surface area contributed by atoms with Crippen molar-refractivity contribution in [3.8, 4) is 18.1 Å². The summed E-state index contributed by atoms with van der Waals surface area (Å²) in [5.74, 6) is 3.76. The lowest BCUT2D eigenvalue weighted by atomic mass is 9.89. The van der Waals surface area contributed by atoms with Crippen molar-refractivity contribution in [3.05, 3.63) is 23.8 Å². The largest absolute Gasteiger partial charge is 0.497 e. The SMILES string of the molecule is C#Cc1cc(OC)cc(N(CC2CCCCC2)C(=O)OC(C)(C)C)c1. The molecule has 0 radical (unpaired) electrons. The van der Waals surface area contributed by atoms with E-state index in [1.165, 1.54) is 19.3 Å². The van der Waals surface area contributed by atoms with Crippen LogP contribution in [0.2, 0.25) is 0 Å². The van der Waals surface area contributed by atoms with Crippen molar-refractivity contribution < 1.29 is 14.3 Å². The summed E-state index contributed by atoms with van der Waals surface area (Å²) >= 11 is 0. The minimum absolute atomic E-state index is 0.339. The number of ether oxygens (including phenoxy) is 2. The summed E-state index contributed by atoms with van der Waals surface area (Å²) in [6, 6.07) is 5.47. The van der Waals surface area contributed by atoms with Gasteiger partial charge in [0, 0.05) is 18.2 Å². The fourth-order valence-electron chi connectivity index (χ4n) is 3.17. The van der Waals surface area contributed by atoms with Crippen molar-refractivity contribution >= 4 is 11.8 Å². The molecular formula is C21H29NO3. The highest BCUT2D eigenvalue weighted by Crippen LogP contribution is 2.30. The molecule has 0 unspecified atom stereocenters. The number of benzene rings is 1. The van der Waals surface area contributed by atoms with E-state index in [1.807, 2.05) is 32.9 Å². The fraction of sp³-hybridized carbons (Fsp3) is 0.571. The molecule has 0 aromatic heterocycles. The van der Waals surface area contributed by atoms with E-state index in [-0.39, 0.29) is 6.09 Å². The number of terminal acetylenes is 1. The number of methoxy groups -OCH3 is 1. The van der Waals surface area contributed by atoms with Gasteiger partial charge in [0.05, 0.1) is 12.8 Å². The smallest absolute Gasteiger partial charge is 0.414 e. The molecule has 0 atom stereocenters. The van der Waals surface area contributed by atoms with Crippen LogP contribution in [0.5, 0.6) is 5.75 Å². The van der Waals surface area contributed by atoms with E-state index in [4.69, 9.17) is 15.9 Å². The van der Waals surface area contributed by atoms with E-state index in [0.29, 0.717) is 23.8 Å². The summed E-state index contributed by atoms with van der Waals surface area (Å²) < 4.78 is 11.0. The van der Waals surface area contributed by atoms with Gasteiger partial charge in [0.2, 0.25) is 0 Å². The zero-order valence-corrected chi connectivity index (χ0v) is 15.8. The molecule has 1 aromatic rings. The predicted molar refractivity (Wildman–Crippen MR) is 101 cm³/mol. The molecule has 4 heteroatoms. The van der Waals surface area contributed by atoms with Crippen molar-refractivity contribution in [2.45, 2.75) is 58.5 Å². The lowest BCUT2D eigenvalue weighted by Gasteiger charge is -2.32. The average Bonchev–Trinajstić information content (AvgIpc) is 2.58. The van der Waals surface area contributed by atoms with Crippen LogP contribution in [0.3, 0.4) is 0 Å². The average molecular weight is 343 g/mol. The highest BCUT2D eigenvalue weighted by Gasteiger charge is 2.27. The number of nitrogens with zero attached hydrogens (tertiary/aromatic N) is 1. The lowest BCUT2D eigenvalue weighted by Crippen LogP contribution is -2.40. The molecule has 2 rings (SSSR count). The van der Waals surface area contributed by atoms with Gasteiger partial charge in [0.1, 0.15) is 11.4 Å². The van der Waals surface area contributed by atoms with E-state index in [1.54, 1.807) is 18.1 Å². The number of carbonyl (C=O) groups excluding carboxylic acids is 1. The van der Waals surface area contributed by atoms with Crippen LogP contribution in [0.4, 0.5) is 10.5 Å². The monoisotopic (exact) mass is 343 g/mol. The minimum atomic E-state index is -0.546. The van der Waals surface area contributed by atoms with Gasteiger partial charge in [0.15, 0.2) is 0 Å². The van der Waals surface area contributed by atoms with Crippen LogP contribution >= 0.6 is 0 Å². The van der Waals surface area contributed by atoms with Crippen LogP contribution in [0, 0.1) is 18.3 Å². The van der Waals surface area contributed by atoms with E-state index in [9.17, 15) is 4.79 Å². The normalized spacial score (nSPS) is 15.3. The molecule has 1 amide bonds. The molecule has 1 aliphatic carbocycles. The first kappa shape index (κ1) is 19.2. The Balaban J connectivity index is 2.32. The minimum Gasteiger partial charge on any atom is -0.497 e. The van der Waals surface area contributed by atoms with Crippen molar-refractivity contribution in [1.29, 1.82) is 0 Å². The van der Waals surface area contributed by atoms with Gasteiger partial charge in [-0.2, -0.15) is 0 Å². The van der Waals surface area contributed by atoms with E-state index in [2.05, 4.69) is 5.92 Å². The van der Waals surface area contributed by atoms with Gasteiger partial charge < -0.3 is 9.47 Å². The number of anilines is 1. The second-order valence-corrected chi connectivity index (χ2v) is 7.66. The molecule has 0 saturated heterocycles. The molecule has 1 aliphatic rings. The molecule has 136 valence electrons. The summed E-state index contributed by atoms with van der Waals surface area (Å²) in [6.07, 6.45) is 11.2. The van der Waals surface area contributed by atoms with Crippen LogP contribution < -0.4 is 9.64 Å². The first-order valence-electron chi connectivity index (χ1n) is 8.98. The first-order chi connectivity index (χ1) is 11.8. The number of hydrogen-bond donors (Lipinski definition) is 0. The van der Waals surface area contributed by atoms with Gasteiger partial charge >= 0.3 is 6.09 Å². The Bertz CT molecular complexity index is 634. The maximum absolute atomic E-state index is 12.8. The van der Waals surface area contributed by atoms with E-state index >= 15 is 0 Å².